The summed E-state index contributed by atoms with van der Waals surface area (Å²) in [6.45, 7) is 2.22. The molecule has 0 atom stereocenters. The monoisotopic (exact) mass is 524 g/mol. The van der Waals surface area contributed by atoms with Crippen LogP contribution in [-0.2, 0) is 26.4 Å². The lowest BCUT2D eigenvalue weighted by atomic mass is 10.0. The molecule has 4 aromatic rings. The van der Waals surface area contributed by atoms with Crippen LogP contribution in [0.2, 0.25) is 0 Å². The number of methoxy groups -OCH3 is 2. The van der Waals surface area contributed by atoms with E-state index in [9.17, 15) is 9.59 Å². The number of anilines is 1. The Kier molecular flexibility index (Phi) is 6.06. The number of rotatable bonds is 7. The maximum Gasteiger partial charge on any atom is 0.333 e. The van der Waals surface area contributed by atoms with Crippen molar-refractivity contribution in [2.24, 2.45) is 0 Å². The summed E-state index contributed by atoms with van der Waals surface area (Å²) in [5.74, 6) is 1.54. The van der Waals surface area contributed by atoms with Gasteiger partial charge in [0.2, 0.25) is 11.8 Å². The number of hydrogen-bond donors (Lipinski definition) is 0. The molecule has 0 N–H and O–H groups in total. The van der Waals surface area contributed by atoms with Crippen molar-refractivity contribution in [3.05, 3.63) is 83.8 Å². The van der Waals surface area contributed by atoms with Crippen molar-refractivity contribution in [2.45, 2.75) is 38.3 Å². The lowest BCUT2D eigenvalue weighted by molar-refractivity contribution is -0.146. The zero-order chi connectivity index (χ0) is 27.1. The first-order valence-corrected chi connectivity index (χ1v) is 12.7. The maximum atomic E-state index is 13.7. The number of hydrogen-bond acceptors (Lipinski definition) is 7. The number of amides is 1. The van der Waals surface area contributed by atoms with E-state index in [-0.39, 0.29) is 18.3 Å². The molecule has 1 aliphatic carbocycles. The van der Waals surface area contributed by atoms with Gasteiger partial charge in [0.1, 0.15) is 11.5 Å². The summed E-state index contributed by atoms with van der Waals surface area (Å²) in [4.78, 5) is 32.2. The maximum absolute atomic E-state index is 13.7. The summed E-state index contributed by atoms with van der Waals surface area (Å²) in [6, 6.07) is 13.7. The molecule has 1 amide bonds. The molecule has 1 saturated carbocycles. The lowest BCUT2D eigenvalue weighted by Gasteiger charge is -2.24. The standard InChI is InChI=1S/C30H28N4O5/c1-19-15-31-28(39-19)23-12-22-7-6-21(24-16-32-34(18-24)30(10-11-30)29(36)38-3)13-26(22)33(27(35)14-23)17-20-4-8-25(37-2)9-5-20/h4-9,12-13,15-16,18H,10-11,14,17H2,1-3H3. The average Bonchev–Trinajstić information content (AvgIpc) is 3.44. The van der Waals surface area contributed by atoms with Gasteiger partial charge in [-0.15, -0.1) is 0 Å². The van der Waals surface area contributed by atoms with Crippen molar-refractivity contribution in [2.75, 3.05) is 19.1 Å². The van der Waals surface area contributed by atoms with E-state index in [1.165, 1.54) is 7.11 Å². The Hall–Kier alpha value is -4.66. The van der Waals surface area contributed by atoms with Crippen LogP contribution >= 0.6 is 0 Å². The second-order valence-electron chi connectivity index (χ2n) is 9.92. The number of oxazole rings is 1. The Balaban J connectivity index is 1.40. The highest BCUT2D eigenvalue weighted by Crippen LogP contribution is 2.45. The van der Waals surface area contributed by atoms with E-state index in [1.54, 1.807) is 29.1 Å². The van der Waals surface area contributed by atoms with Crippen LogP contribution in [0.5, 0.6) is 5.75 Å². The highest BCUT2D eigenvalue weighted by molar-refractivity contribution is 6.06. The fourth-order valence-electron chi connectivity index (χ4n) is 4.98. The predicted molar refractivity (Wildman–Crippen MR) is 145 cm³/mol. The number of nitrogens with zero attached hydrogens (tertiary/aromatic N) is 4. The van der Waals surface area contributed by atoms with E-state index in [2.05, 4.69) is 10.1 Å². The normalized spacial score (nSPS) is 15.8. The van der Waals surface area contributed by atoms with E-state index in [1.807, 2.05) is 61.7 Å². The molecule has 0 spiro atoms. The zero-order valence-corrected chi connectivity index (χ0v) is 22.0. The molecule has 0 radical (unpaired) electrons. The highest BCUT2D eigenvalue weighted by Gasteiger charge is 2.54. The molecule has 3 heterocycles. The zero-order valence-electron chi connectivity index (χ0n) is 22.0. The first-order valence-electron chi connectivity index (χ1n) is 12.7. The van der Waals surface area contributed by atoms with Crippen LogP contribution in [0.3, 0.4) is 0 Å². The third kappa shape index (κ3) is 4.50. The molecule has 6 rings (SSSR count). The second kappa shape index (κ2) is 9.58. The van der Waals surface area contributed by atoms with Crippen LogP contribution in [0.15, 0.2) is 65.5 Å². The van der Waals surface area contributed by atoms with Crippen molar-refractivity contribution in [1.82, 2.24) is 14.8 Å². The van der Waals surface area contributed by atoms with Crippen LogP contribution in [0.25, 0.3) is 22.8 Å². The minimum atomic E-state index is -0.721. The van der Waals surface area contributed by atoms with Gasteiger partial charge in [-0.2, -0.15) is 5.10 Å². The molecule has 198 valence electrons. The van der Waals surface area contributed by atoms with Gasteiger partial charge in [-0.1, -0.05) is 24.3 Å². The fourth-order valence-corrected chi connectivity index (χ4v) is 4.98. The molecule has 0 saturated heterocycles. The molecule has 39 heavy (non-hydrogen) atoms. The number of carbonyl (C=O) groups is 2. The molecule has 0 unspecified atom stereocenters. The largest absolute Gasteiger partial charge is 0.497 e. The molecule has 9 nitrogen and oxygen atoms in total. The Labute approximate surface area is 225 Å². The van der Waals surface area contributed by atoms with Gasteiger partial charge in [0.05, 0.1) is 45.3 Å². The summed E-state index contributed by atoms with van der Waals surface area (Å²) < 4.78 is 17.8. The van der Waals surface area contributed by atoms with Gasteiger partial charge < -0.3 is 18.8 Å². The number of ether oxygens (including phenoxy) is 2. The first kappa shape index (κ1) is 24.7. The van der Waals surface area contributed by atoms with E-state index in [0.29, 0.717) is 31.0 Å². The summed E-state index contributed by atoms with van der Waals surface area (Å²) in [6.07, 6.45) is 8.79. The third-order valence-electron chi connectivity index (χ3n) is 7.33. The Morgan fingerprint density at radius 1 is 1.08 bits per heavy atom. The van der Waals surface area contributed by atoms with Crippen molar-refractivity contribution < 1.29 is 23.5 Å². The third-order valence-corrected chi connectivity index (χ3v) is 7.33. The van der Waals surface area contributed by atoms with Gasteiger partial charge in [0.15, 0.2) is 5.54 Å². The number of fused-ring (bicyclic) bond motifs is 1. The average molecular weight is 525 g/mol. The number of esters is 1. The van der Waals surface area contributed by atoms with E-state index in [0.717, 1.165) is 39.3 Å². The number of carbonyl (C=O) groups excluding carboxylic acids is 2. The minimum Gasteiger partial charge on any atom is -0.497 e. The second-order valence-corrected chi connectivity index (χ2v) is 9.92. The molecule has 2 aliphatic rings. The van der Waals surface area contributed by atoms with E-state index >= 15 is 0 Å². The Bertz CT molecular complexity index is 1590. The van der Waals surface area contributed by atoms with Crippen LogP contribution in [0.4, 0.5) is 5.69 Å². The first-order chi connectivity index (χ1) is 18.9. The van der Waals surface area contributed by atoms with Crippen molar-refractivity contribution in [3.8, 4) is 16.9 Å². The summed E-state index contributed by atoms with van der Waals surface area (Å²) >= 11 is 0. The minimum absolute atomic E-state index is 0.0675. The number of benzene rings is 2. The predicted octanol–water partition coefficient (Wildman–Crippen LogP) is 4.99. The molecular formula is C30H28N4O5. The van der Waals surface area contributed by atoms with Gasteiger partial charge in [-0.05, 0) is 60.7 Å². The van der Waals surface area contributed by atoms with E-state index in [4.69, 9.17) is 13.9 Å². The van der Waals surface area contributed by atoms with E-state index < -0.39 is 5.54 Å². The van der Waals surface area contributed by atoms with Crippen LogP contribution < -0.4 is 9.64 Å². The SMILES string of the molecule is COC(=O)C1(n2cc(-c3ccc4c(c3)N(Cc3ccc(OC)cc3)C(=O)CC(c3ncc(C)o3)=C4)cn2)CC1. The number of aryl methyl sites for hydroxylation is 1. The van der Waals surface area contributed by atoms with Gasteiger partial charge >= 0.3 is 5.97 Å². The molecule has 2 aromatic heterocycles. The molecule has 9 heteroatoms. The Morgan fingerprint density at radius 2 is 1.87 bits per heavy atom. The van der Waals surface area contributed by atoms with Crippen LogP contribution in [0, 0.1) is 6.92 Å². The molecular weight excluding hydrogens is 496 g/mol. The van der Waals surface area contributed by atoms with Gasteiger partial charge in [-0.25, -0.2) is 9.78 Å². The van der Waals surface area contributed by atoms with Crippen LogP contribution in [-0.4, -0.2) is 40.9 Å². The Morgan fingerprint density at radius 3 is 2.54 bits per heavy atom. The topological polar surface area (TPSA) is 99.7 Å². The van der Waals surface area contributed by atoms with Gasteiger partial charge in [-0.3, -0.25) is 9.48 Å². The highest BCUT2D eigenvalue weighted by atomic mass is 16.5. The summed E-state index contributed by atoms with van der Waals surface area (Å²) in [5.41, 5.74) is 4.36. The van der Waals surface area contributed by atoms with Crippen LogP contribution in [0.1, 0.15) is 42.0 Å². The molecule has 0 bridgehead atoms. The molecule has 1 aliphatic heterocycles. The molecule has 1 fully saturated rings. The molecule has 2 aromatic carbocycles. The van der Waals surface area contributed by atoms with Gasteiger partial charge in [0, 0.05) is 17.3 Å². The fraction of sp³-hybridized carbons (Fsp3) is 0.267. The lowest BCUT2D eigenvalue weighted by Crippen LogP contribution is -2.30. The van der Waals surface area contributed by atoms with Crippen molar-refractivity contribution in [3.63, 3.8) is 0 Å². The quantitative estimate of drug-likeness (QED) is 0.314. The smallest absolute Gasteiger partial charge is 0.333 e. The summed E-state index contributed by atoms with van der Waals surface area (Å²) in [7, 11) is 3.02. The van der Waals surface area contributed by atoms with Crippen molar-refractivity contribution >= 4 is 29.2 Å². The summed E-state index contributed by atoms with van der Waals surface area (Å²) in [5, 5.41) is 4.49. The van der Waals surface area contributed by atoms with Crippen molar-refractivity contribution in [1.29, 1.82) is 0 Å². The number of aromatic nitrogens is 3. The van der Waals surface area contributed by atoms with Gasteiger partial charge in [0.25, 0.3) is 0 Å².